The van der Waals surface area contributed by atoms with E-state index >= 15 is 0 Å². The Morgan fingerprint density at radius 2 is 2.00 bits per heavy atom. The summed E-state index contributed by atoms with van der Waals surface area (Å²) in [6.07, 6.45) is 8.39. The number of likely N-dealkylation sites (tertiary alicyclic amines) is 2. The average Bonchev–Trinajstić information content (AvgIpc) is 2.90. The zero-order valence-corrected chi connectivity index (χ0v) is 13.3. The molecule has 1 atom stereocenters. The molecule has 2 fully saturated rings. The van der Waals surface area contributed by atoms with Crippen LogP contribution in [0.4, 0.5) is 0 Å². The lowest BCUT2D eigenvalue weighted by molar-refractivity contribution is -0.139. The van der Waals surface area contributed by atoms with Gasteiger partial charge in [-0.1, -0.05) is 0 Å². The average molecular weight is 303 g/mol. The number of piperidine rings is 1. The number of hydrogen-bond acceptors (Lipinski definition) is 4. The zero-order valence-electron chi connectivity index (χ0n) is 13.3. The van der Waals surface area contributed by atoms with Crippen molar-refractivity contribution in [2.45, 2.75) is 37.8 Å². The van der Waals surface area contributed by atoms with Gasteiger partial charge in [0.25, 0.3) is 0 Å². The van der Waals surface area contributed by atoms with Crippen LogP contribution in [0, 0.1) is 0 Å². The molecule has 1 spiro atoms. The van der Waals surface area contributed by atoms with Gasteiger partial charge in [0, 0.05) is 44.7 Å². The van der Waals surface area contributed by atoms with Crippen molar-refractivity contribution in [3.8, 4) is 0 Å². The first kappa shape index (κ1) is 15.4. The van der Waals surface area contributed by atoms with Crippen LogP contribution in [0.5, 0.6) is 0 Å². The van der Waals surface area contributed by atoms with Crippen LogP contribution in [0.3, 0.4) is 0 Å². The molecule has 22 heavy (non-hydrogen) atoms. The second kappa shape index (κ2) is 6.75. The third kappa shape index (κ3) is 3.15. The summed E-state index contributed by atoms with van der Waals surface area (Å²) >= 11 is 0. The Kier molecular flexibility index (Phi) is 4.74. The van der Waals surface area contributed by atoms with Gasteiger partial charge in [0.1, 0.15) is 6.61 Å². The molecule has 3 heterocycles. The topological polar surface area (TPSA) is 45.7 Å². The molecule has 0 saturated carbocycles. The summed E-state index contributed by atoms with van der Waals surface area (Å²) in [5.74, 6) is 0.123. The van der Waals surface area contributed by atoms with Crippen molar-refractivity contribution in [3.63, 3.8) is 0 Å². The molecule has 1 aromatic heterocycles. The molecule has 0 aromatic carbocycles. The standard InChI is InChI=1S/C17H25N3O2/c1-22-13-16(21)19-10-2-6-17(14-19)7-3-11-20(17)12-15-4-8-18-9-5-15/h4-5,8-9H,2-3,6-7,10-14H2,1H3/t17-/m1/s1. The largest absolute Gasteiger partial charge is 0.375 e. The Balaban J connectivity index is 1.71. The van der Waals surface area contributed by atoms with Crippen molar-refractivity contribution in [2.75, 3.05) is 33.4 Å². The van der Waals surface area contributed by atoms with Crippen LogP contribution in [0.2, 0.25) is 0 Å². The summed E-state index contributed by atoms with van der Waals surface area (Å²) in [4.78, 5) is 20.8. The molecule has 2 aliphatic rings. The van der Waals surface area contributed by atoms with E-state index < -0.39 is 0 Å². The predicted molar refractivity (Wildman–Crippen MR) is 84.3 cm³/mol. The number of aromatic nitrogens is 1. The van der Waals surface area contributed by atoms with Crippen molar-refractivity contribution in [2.24, 2.45) is 0 Å². The summed E-state index contributed by atoms with van der Waals surface area (Å²) in [7, 11) is 1.59. The van der Waals surface area contributed by atoms with Crippen LogP contribution in [-0.2, 0) is 16.1 Å². The maximum absolute atomic E-state index is 12.2. The minimum atomic E-state index is 0.123. The zero-order chi connectivity index (χ0) is 15.4. The van der Waals surface area contributed by atoms with Gasteiger partial charge < -0.3 is 9.64 Å². The van der Waals surface area contributed by atoms with Crippen LogP contribution in [0.15, 0.2) is 24.5 Å². The summed E-state index contributed by atoms with van der Waals surface area (Å²) in [5, 5.41) is 0. The Morgan fingerprint density at radius 1 is 1.27 bits per heavy atom. The highest BCUT2D eigenvalue weighted by Crippen LogP contribution is 2.38. The molecule has 3 rings (SSSR count). The summed E-state index contributed by atoms with van der Waals surface area (Å²) < 4.78 is 5.02. The molecule has 0 radical (unpaired) electrons. The van der Waals surface area contributed by atoms with E-state index in [1.54, 1.807) is 7.11 Å². The van der Waals surface area contributed by atoms with Gasteiger partial charge >= 0.3 is 0 Å². The number of carbonyl (C=O) groups is 1. The van der Waals surface area contributed by atoms with Gasteiger partial charge in [-0.25, -0.2) is 0 Å². The van der Waals surface area contributed by atoms with Crippen LogP contribution in [-0.4, -0.2) is 59.6 Å². The fourth-order valence-electron chi connectivity index (χ4n) is 3.95. The molecule has 5 nitrogen and oxygen atoms in total. The molecule has 0 unspecified atom stereocenters. The Bertz CT molecular complexity index is 508. The number of rotatable bonds is 4. The third-order valence-corrected chi connectivity index (χ3v) is 5.04. The Labute approximate surface area is 132 Å². The van der Waals surface area contributed by atoms with Gasteiger partial charge in [-0.3, -0.25) is 14.7 Å². The molecule has 1 aromatic rings. The predicted octanol–water partition coefficient (Wildman–Crippen LogP) is 1.68. The third-order valence-electron chi connectivity index (χ3n) is 5.04. The summed E-state index contributed by atoms with van der Waals surface area (Å²) in [6, 6.07) is 4.17. The van der Waals surface area contributed by atoms with E-state index in [2.05, 4.69) is 22.0 Å². The highest BCUT2D eigenvalue weighted by Gasteiger charge is 2.44. The fraction of sp³-hybridized carbons (Fsp3) is 0.647. The lowest BCUT2D eigenvalue weighted by Crippen LogP contribution is -2.57. The van der Waals surface area contributed by atoms with Crippen molar-refractivity contribution in [3.05, 3.63) is 30.1 Å². The number of amides is 1. The first-order chi connectivity index (χ1) is 10.7. The molecule has 2 saturated heterocycles. The number of carbonyl (C=O) groups excluding carboxylic acids is 1. The molecule has 1 amide bonds. The second-order valence-corrected chi connectivity index (χ2v) is 6.46. The van der Waals surface area contributed by atoms with E-state index in [1.807, 2.05) is 17.3 Å². The van der Waals surface area contributed by atoms with Crippen LogP contribution in [0.1, 0.15) is 31.2 Å². The van der Waals surface area contributed by atoms with E-state index in [-0.39, 0.29) is 18.1 Å². The number of ether oxygens (including phenoxy) is 1. The van der Waals surface area contributed by atoms with E-state index in [0.717, 1.165) is 32.6 Å². The van der Waals surface area contributed by atoms with E-state index in [1.165, 1.54) is 24.8 Å². The molecule has 0 bridgehead atoms. The Hall–Kier alpha value is -1.46. The van der Waals surface area contributed by atoms with Crippen molar-refractivity contribution in [1.29, 1.82) is 0 Å². The smallest absolute Gasteiger partial charge is 0.248 e. The van der Waals surface area contributed by atoms with E-state index in [4.69, 9.17) is 4.74 Å². The molecule has 120 valence electrons. The first-order valence-corrected chi connectivity index (χ1v) is 8.14. The fourth-order valence-corrected chi connectivity index (χ4v) is 3.95. The molecule has 0 aliphatic carbocycles. The van der Waals surface area contributed by atoms with Gasteiger partial charge in [0.05, 0.1) is 0 Å². The maximum atomic E-state index is 12.2. The SMILES string of the molecule is COCC(=O)N1CCC[C@@]2(CCCN2Cc2ccncc2)C1. The van der Waals surface area contributed by atoms with Gasteiger partial charge in [-0.2, -0.15) is 0 Å². The van der Waals surface area contributed by atoms with Crippen LogP contribution >= 0.6 is 0 Å². The van der Waals surface area contributed by atoms with Gasteiger partial charge in [0.15, 0.2) is 0 Å². The number of hydrogen-bond donors (Lipinski definition) is 0. The second-order valence-electron chi connectivity index (χ2n) is 6.46. The van der Waals surface area contributed by atoms with Crippen molar-refractivity contribution in [1.82, 2.24) is 14.8 Å². The number of methoxy groups -OCH3 is 1. The van der Waals surface area contributed by atoms with E-state index in [0.29, 0.717) is 0 Å². The van der Waals surface area contributed by atoms with Crippen molar-refractivity contribution < 1.29 is 9.53 Å². The van der Waals surface area contributed by atoms with E-state index in [9.17, 15) is 4.79 Å². The van der Waals surface area contributed by atoms with Gasteiger partial charge in [-0.05, 0) is 49.9 Å². The highest BCUT2D eigenvalue weighted by molar-refractivity contribution is 5.77. The molecule has 2 aliphatic heterocycles. The summed E-state index contributed by atoms with van der Waals surface area (Å²) in [6.45, 7) is 3.98. The Morgan fingerprint density at radius 3 is 2.73 bits per heavy atom. The van der Waals surface area contributed by atoms with Gasteiger partial charge in [-0.15, -0.1) is 0 Å². The highest BCUT2D eigenvalue weighted by atomic mass is 16.5. The van der Waals surface area contributed by atoms with Crippen LogP contribution < -0.4 is 0 Å². The van der Waals surface area contributed by atoms with Crippen molar-refractivity contribution >= 4 is 5.91 Å². The quantitative estimate of drug-likeness (QED) is 0.849. The minimum absolute atomic E-state index is 0.123. The lowest BCUT2D eigenvalue weighted by atomic mass is 9.86. The molecular formula is C17H25N3O2. The first-order valence-electron chi connectivity index (χ1n) is 8.14. The number of pyridine rings is 1. The minimum Gasteiger partial charge on any atom is -0.375 e. The normalized spacial score (nSPS) is 25.8. The number of nitrogens with zero attached hydrogens (tertiary/aromatic N) is 3. The monoisotopic (exact) mass is 303 g/mol. The summed E-state index contributed by atoms with van der Waals surface area (Å²) in [5.41, 5.74) is 1.46. The van der Waals surface area contributed by atoms with Gasteiger partial charge in [0.2, 0.25) is 5.91 Å². The molecule has 5 heteroatoms. The van der Waals surface area contributed by atoms with Crippen LogP contribution in [0.25, 0.3) is 0 Å². The molecule has 0 N–H and O–H groups in total. The lowest BCUT2D eigenvalue weighted by Gasteiger charge is -2.46. The molecular weight excluding hydrogens is 278 g/mol. The maximum Gasteiger partial charge on any atom is 0.248 e.